The minimum absolute atomic E-state index is 0. The van der Waals surface area contributed by atoms with Gasteiger partial charge in [-0.2, -0.15) is 17.8 Å². The molecule has 3 aromatic carbocycles. The van der Waals surface area contributed by atoms with Crippen molar-refractivity contribution in [2.75, 3.05) is 111 Å². The van der Waals surface area contributed by atoms with E-state index < -0.39 is 37.7 Å². The van der Waals surface area contributed by atoms with E-state index in [0.29, 0.717) is 69.3 Å². The van der Waals surface area contributed by atoms with Gasteiger partial charge >= 0.3 is 0 Å². The molecule has 0 amide bonds. The largest absolute Gasteiger partial charge is 0.686 e. The fourth-order valence-electron chi connectivity index (χ4n) is 13.5. The van der Waals surface area contributed by atoms with Crippen LogP contribution in [0.3, 0.4) is 0 Å². The van der Waals surface area contributed by atoms with E-state index in [1.807, 2.05) is 0 Å². The number of para-hydroxylation sites is 3. The van der Waals surface area contributed by atoms with Crippen LogP contribution in [0.15, 0.2) is 78.5 Å². The smallest absolute Gasteiger partial charge is 0.182 e. The van der Waals surface area contributed by atoms with Gasteiger partial charge in [0.2, 0.25) is 0 Å². The van der Waals surface area contributed by atoms with Crippen LogP contribution < -0.4 is 28.4 Å². The Hall–Kier alpha value is -2.40. The van der Waals surface area contributed by atoms with Crippen molar-refractivity contribution in [3.63, 3.8) is 0 Å². The second-order valence-corrected chi connectivity index (χ2v) is 25.0. The summed E-state index contributed by atoms with van der Waals surface area (Å²) in [5, 5.41) is 127. The van der Waals surface area contributed by atoms with E-state index >= 15 is 0 Å². The van der Waals surface area contributed by atoms with Crippen LogP contribution in [0.25, 0.3) is 21.3 Å². The molecule has 4 aliphatic heterocycles. The number of allylic oxidation sites excluding steroid dienone is 2. The van der Waals surface area contributed by atoms with Gasteiger partial charge in [-0.15, -0.1) is 38.3 Å². The Morgan fingerprint density at radius 1 is 0.346 bits per heavy atom. The molecule has 3 aliphatic carbocycles. The Bertz CT molecular complexity index is 2470. The third kappa shape index (κ3) is 33.7. The molecule has 12 unspecified atom stereocenters. The SMILES string of the molecule is C1=CC[N-]C(C2CCCC[N-]2)=C1.C1CCC(C2CCCC[N-]2)[N-]C1.COC1CCCC(C(O)O)C1OC.COC1CCCC(C(O)O)C1OC.COC1CCCC(C(O)O)C1OC.COc1cccc(C(O)O)c1OC.COc1cccc(C(O)O)c1OC.COc1cccc(C(O)O)c1OC.[Nd].[Nd]. The molecule has 0 bridgehead atoms. The molecule has 30 heteroatoms. The summed E-state index contributed by atoms with van der Waals surface area (Å²) in [5.41, 5.74) is 2.07. The molecule has 10 rings (SSSR count). The standard InChI is InChI=1S/C10H18N2.C10H14N2.3C9H18O4.3C9H12O4.2Nd/c2*1-3-7-11-9(5-1)10-6-2-4-8-12-10;6*1-12-7-5-3-4-6(9(10)11)8(7)13-2;;/h9-10H,1-8H2;1,3,5,10H,2,4,6-8H2;3*6-11H,3-5H2,1-2H3;3*3-5,9-11H,1-2H3;;/q2*-2;;;;;;;;. The quantitative estimate of drug-likeness (QED) is 0.0476. The summed E-state index contributed by atoms with van der Waals surface area (Å²) in [6.45, 7) is 4.06. The van der Waals surface area contributed by atoms with E-state index in [9.17, 15) is 0 Å². The van der Waals surface area contributed by atoms with Crippen molar-refractivity contribution < 1.29 is 200 Å². The first-order chi connectivity index (χ1) is 49.1. The van der Waals surface area contributed by atoms with Gasteiger partial charge < -0.3 is 139 Å². The minimum Gasteiger partial charge on any atom is -0.686 e. The molecule has 104 heavy (non-hydrogen) atoms. The van der Waals surface area contributed by atoms with Crippen molar-refractivity contribution in [1.82, 2.24) is 0 Å². The summed E-state index contributed by atoms with van der Waals surface area (Å²) in [6, 6.07) is 16.3. The molecule has 6 fully saturated rings. The van der Waals surface area contributed by atoms with E-state index in [-0.39, 0.29) is 136 Å². The number of ether oxygens (including phenoxy) is 12. The predicted molar refractivity (Wildman–Crippen MR) is 385 cm³/mol. The molecule has 12 N–H and O–H groups in total. The second-order valence-electron chi connectivity index (χ2n) is 25.0. The molecule has 3 aromatic rings. The van der Waals surface area contributed by atoms with Gasteiger partial charge in [-0.1, -0.05) is 107 Å². The number of piperidine rings is 3. The van der Waals surface area contributed by atoms with E-state index in [4.69, 9.17) is 118 Å². The monoisotopic (exact) mass is 1730 g/mol. The maximum absolute atomic E-state index is 9.11. The summed E-state index contributed by atoms with van der Waals surface area (Å²) >= 11 is 0. The number of hydrogen-bond acceptors (Lipinski definition) is 24. The summed E-state index contributed by atoms with van der Waals surface area (Å²) in [7, 11) is 18.4. The maximum atomic E-state index is 9.11. The van der Waals surface area contributed by atoms with E-state index in [1.54, 1.807) is 97.3 Å². The zero-order valence-corrected chi connectivity index (χ0v) is 69.3. The summed E-state index contributed by atoms with van der Waals surface area (Å²) < 4.78 is 61.2. The molecule has 3 saturated heterocycles. The molecule has 594 valence electrons. The Morgan fingerprint density at radius 2 is 0.663 bits per heavy atom. The molecule has 7 aliphatic rings. The normalized spacial score (nSPS) is 24.8. The minimum atomic E-state index is -1.55. The van der Waals surface area contributed by atoms with Crippen LogP contribution in [0.1, 0.15) is 151 Å². The van der Waals surface area contributed by atoms with Crippen molar-refractivity contribution in [3.8, 4) is 34.5 Å². The molecule has 0 aromatic heterocycles. The first-order valence-corrected chi connectivity index (χ1v) is 35.2. The molecule has 4 heterocycles. The molecular formula is C74H122N4Nd2O24-4. The van der Waals surface area contributed by atoms with E-state index in [0.717, 1.165) is 84.0 Å². The molecule has 0 radical (unpaired) electrons. The van der Waals surface area contributed by atoms with Crippen LogP contribution in [-0.2, 0) is 28.4 Å². The Labute approximate surface area is 682 Å². The number of hydrogen-bond donors (Lipinski definition) is 12. The molecule has 12 atom stereocenters. The van der Waals surface area contributed by atoms with E-state index in [1.165, 1.54) is 106 Å². The molecular weight excluding hydrogens is 1620 g/mol. The number of rotatable bonds is 20. The van der Waals surface area contributed by atoms with Gasteiger partial charge in [0, 0.05) is 142 Å². The van der Waals surface area contributed by atoms with Crippen LogP contribution in [0.4, 0.5) is 0 Å². The number of benzene rings is 3. The topological polar surface area (TPSA) is 410 Å². The van der Waals surface area contributed by atoms with Crippen LogP contribution in [-0.4, -0.2) is 246 Å². The summed E-state index contributed by atoms with van der Waals surface area (Å²) in [6.07, 6.45) is 16.9. The molecule has 28 nitrogen and oxygen atoms in total. The first-order valence-electron chi connectivity index (χ1n) is 35.2. The fourth-order valence-corrected chi connectivity index (χ4v) is 13.5. The van der Waals surface area contributed by atoms with Gasteiger partial charge in [-0.25, -0.2) is 0 Å². The van der Waals surface area contributed by atoms with Crippen LogP contribution >= 0.6 is 0 Å². The van der Waals surface area contributed by atoms with Crippen molar-refractivity contribution >= 4 is 0 Å². The van der Waals surface area contributed by atoms with Crippen molar-refractivity contribution in [2.45, 2.75) is 208 Å². The average Bonchev–Trinajstić information content (AvgIpc) is 0.952. The zero-order chi connectivity index (χ0) is 75.5. The van der Waals surface area contributed by atoms with Gasteiger partial charge in [0.25, 0.3) is 0 Å². The maximum Gasteiger partial charge on any atom is 0.182 e. The predicted octanol–water partition coefficient (Wildman–Crippen LogP) is 8.02. The van der Waals surface area contributed by atoms with Gasteiger partial charge in [-0.05, 0) is 74.9 Å². The number of aliphatic hydroxyl groups is 12. The Morgan fingerprint density at radius 3 is 0.885 bits per heavy atom. The second kappa shape index (κ2) is 57.6. The molecule has 0 spiro atoms. The van der Waals surface area contributed by atoms with Crippen LogP contribution in [0.5, 0.6) is 34.5 Å². The van der Waals surface area contributed by atoms with Crippen molar-refractivity contribution in [2.24, 2.45) is 17.8 Å². The van der Waals surface area contributed by atoms with Gasteiger partial charge in [0.15, 0.2) is 72.2 Å². The van der Waals surface area contributed by atoms with Gasteiger partial charge in [0.1, 0.15) is 0 Å². The van der Waals surface area contributed by atoms with Gasteiger partial charge in [0.05, 0.1) is 96.0 Å². The molecule has 3 saturated carbocycles. The summed E-state index contributed by atoms with van der Waals surface area (Å²) in [5.74, 6) is 1.82. The third-order valence-electron chi connectivity index (χ3n) is 18.8. The van der Waals surface area contributed by atoms with Gasteiger partial charge in [-0.3, -0.25) is 0 Å². The Kier molecular flexibility index (Phi) is 55.2. The number of methoxy groups -OCH3 is 12. The third-order valence-corrected chi connectivity index (χ3v) is 18.8. The first kappa shape index (κ1) is 99.6. The zero-order valence-electron chi connectivity index (χ0n) is 62.9. The number of aliphatic hydroxyl groups excluding tert-OH is 6. The van der Waals surface area contributed by atoms with E-state index in [2.05, 4.69) is 39.5 Å². The van der Waals surface area contributed by atoms with Crippen molar-refractivity contribution in [3.05, 3.63) is 116 Å². The van der Waals surface area contributed by atoms with Crippen LogP contribution in [0, 0.1) is 99.4 Å². The summed E-state index contributed by atoms with van der Waals surface area (Å²) in [4.78, 5) is 0. The van der Waals surface area contributed by atoms with Crippen LogP contribution in [0.2, 0.25) is 0 Å². The average molecular weight is 1740 g/mol. The van der Waals surface area contributed by atoms with Crippen molar-refractivity contribution in [1.29, 1.82) is 0 Å². The Balaban J connectivity index is 0.000000593. The number of nitrogens with zero attached hydrogens (tertiary/aromatic N) is 4. The fraction of sp³-hybridized carbons (Fsp3) is 0.703.